The molecule has 0 saturated carbocycles. The van der Waals surface area contributed by atoms with E-state index in [0.29, 0.717) is 0 Å². The van der Waals surface area contributed by atoms with Gasteiger partial charge in [-0.15, -0.1) is 0 Å². The van der Waals surface area contributed by atoms with E-state index in [-0.39, 0.29) is 11.7 Å². The molecule has 0 amide bonds. The third-order valence-electron chi connectivity index (χ3n) is 3.80. The number of carbonyl (C=O) groups is 1. The number of benzene rings is 2. The second-order valence-electron chi connectivity index (χ2n) is 5.72. The molecule has 0 N–H and O–H groups in total. The van der Waals surface area contributed by atoms with Crippen LogP contribution >= 0.6 is 0 Å². The van der Waals surface area contributed by atoms with Gasteiger partial charge in [0.1, 0.15) is 23.4 Å². The predicted octanol–water partition coefficient (Wildman–Crippen LogP) is 5.57. The van der Waals surface area contributed by atoms with Gasteiger partial charge < -0.3 is 4.42 Å². The van der Waals surface area contributed by atoms with E-state index in [9.17, 15) is 9.18 Å². The summed E-state index contributed by atoms with van der Waals surface area (Å²) < 4.78 is 19.2. The topological polar surface area (TPSA) is 30.2 Å². The van der Waals surface area contributed by atoms with Crippen molar-refractivity contribution in [2.45, 2.75) is 19.8 Å². The van der Waals surface area contributed by atoms with E-state index in [1.54, 1.807) is 18.2 Å². The molecule has 2 nitrogen and oxygen atoms in total. The van der Waals surface area contributed by atoms with E-state index in [0.717, 1.165) is 39.7 Å². The molecule has 1 aromatic heterocycles. The maximum Gasteiger partial charge on any atom is 0.142 e. The first-order valence-electron chi connectivity index (χ1n) is 7.55. The van der Waals surface area contributed by atoms with E-state index in [4.69, 9.17) is 4.42 Å². The first-order chi connectivity index (χ1) is 11.1. The number of fused-ring (bicyclic) bond motifs is 1. The molecule has 3 heteroatoms. The lowest BCUT2D eigenvalue weighted by molar-refractivity contribution is -0.104. The maximum absolute atomic E-state index is 13.2. The van der Waals surface area contributed by atoms with Crippen LogP contribution in [0.15, 0.2) is 53.0 Å². The van der Waals surface area contributed by atoms with Gasteiger partial charge in [-0.05, 0) is 41.5 Å². The van der Waals surface area contributed by atoms with Gasteiger partial charge in [0.05, 0.1) is 0 Å². The van der Waals surface area contributed by atoms with E-state index in [1.807, 2.05) is 32.0 Å². The number of aldehydes is 1. The largest absolute Gasteiger partial charge is 0.460 e. The minimum atomic E-state index is -0.267. The zero-order valence-electron chi connectivity index (χ0n) is 13.0. The molecule has 0 saturated heterocycles. The molecule has 116 valence electrons. The summed E-state index contributed by atoms with van der Waals surface area (Å²) in [5, 5.41) is 0.945. The van der Waals surface area contributed by atoms with Crippen LogP contribution in [0.25, 0.3) is 28.2 Å². The van der Waals surface area contributed by atoms with Gasteiger partial charge in [-0.1, -0.05) is 38.1 Å². The minimum Gasteiger partial charge on any atom is -0.460 e. The molecule has 0 unspecified atom stereocenters. The van der Waals surface area contributed by atoms with Crippen LogP contribution in [0, 0.1) is 5.82 Å². The predicted molar refractivity (Wildman–Crippen MR) is 90.8 cm³/mol. The fourth-order valence-corrected chi connectivity index (χ4v) is 2.79. The van der Waals surface area contributed by atoms with Crippen molar-refractivity contribution in [3.05, 3.63) is 65.7 Å². The molecule has 2 aromatic carbocycles. The summed E-state index contributed by atoms with van der Waals surface area (Å²) in [6, 6.07) is 12.2. The highest BCUT2D eigenvalue weighted by atomic mass is 19.1. The van der Waals surface area contributed by atoms with Gasteiger partial charge >= 0.3 is 0 Å². The normalized spacial score (nSPS) is 11.7. The number of halogens is 1. The van der Waals surface area contributed by atoms with Gasteiger partial charge in [-0.3, -0.25) is 4.79 Å². The number of rotatable bonds is 4. The molecule has 0 spiro atoms. The minimum absolute atomic E-state index is 0.190. The first-order valence-corrected chi connectivity index (χ1v) is 7.55. The standard InChI is InChI=1S/C20H17FO2/c1-13(2)20-17(6-4-12-22)19-16(5-3-7-18(19)23-20)14-8-10-15(21)11-9-14/h3-13H,1-2H3/b6-4+. The lowest BCUT2D eigenvalue weighted by atomic mass is 9.96. The third-order valence-corrected chi connectivity index (χ3v) is 3.80. The number of hydrogen-bond acceptors (Lipinski definition) is 2. The molecular weight excluding hydrogens is 291 g/mol. The summed E-state index contributed by atoms with van der Waals surface area (Å²) in [5.74, 6) is 0.763. The Bertz CT molecular complexity index is 871. The molecule has 3 rings (SSSR count). The number of carbonyl (C=O) groups excluding carboxylic acids is 1. The van der Waals surface area contributed by atoms with E-state index in [1.165, 1.54) is 18.2 Å². The van der Waals surface area contributed by atoms with Crippen LogP contribution in [0.1, 0.15) is 31.1 Å². The van der Waals surface area contributed by atoms with Crippen molar-refractivity contribution in [2.24, 2.45) is 0 Å². The van der Waals surface area contributed by atoms with E-state index in [2.05, 4.69) is 0 Å². The van der Waals surface area contributed by atoms with Crippen molar-refractivity contribution >= 4 is 23.3 Å². The van der Waals surface area contributed by atoms with Crippen molar-refractivity contribution in [1.82, 2.24) is 0 Å². The van der Waals surface area contributed by atoms with Gasteiger partial charge in [0.2, 0.25) is 0 Å². The van der Waals surface area contributed by atoms with Gasteiger partial charge in [-0.2, -0.15) is 0 Å². The molecular formula is C20H17FO2. The van der Waals surface area contributed by atoms with Crippen LogP contribution in [-0.2, 0) is 4.79 Å². The molecule has 0 aliphatic heterocycles. The highest BCUT2D eigenvalue weighted by Gasteiger charge is 2.18. The zero-order chi connectivity index (χ0) is 16.4. The summed E-state index contributed by atoms with van der Waals surface area (Å²) in [4.78, 5) is 10.8. The maximum atomic E-state index is 13.2. The second kappa shape index (κ2) is 6.21. The molecule has 0 aliphatic carbocycles. The SMILES string of the molecule is CC(C)c1oc2cccc(-c3ccc(F)cc3)c2c1/C=C/C=O. The highest BCUT2D eigenvalue weighted by Crippen LogP contribution is 2.38. The van der Waals surface area contributed by atoms with Gasteiger partial charge in [0, 0.05) is 16.9 Å². The Hall–Kier alpha value is -2.68. The lowest BCUT2D eigenvalue weighted by Crippen LogP contribution is -1.88. The smallest absolute Gasteiger partial charge is 0.142 e. The van der Waals surface area contributed by atoms with Crippen molar-refractivity contribution in [2.75, 3.05) is 0 Å². The van der Waals surface area contributed by atoms with Crippen LogP contribution in [0.4, 0.5) is 4.39 Å². The van der Waals surface area contributed by atoms with Gasteiger partial charge in [0.25, 0.3) is 0 Å². The molecule has 0 bridgehead atoms. The Labute approximate surface area is 134 Å². The molecule has 3 aromatic rings. The number of allylic oxidation sites excluding steroid dienone is 1. The summed E-state index contributed by atoms with van der Waals surface area (Å²) in [5.41, 5.74) is 3.54. The summed E-state index contributed by atoms with van der Waals surface area (Å²) >= 11 is 0. The average Bonchev–Trinajstić information content (AvgIpc) is 2.92. The van der Waals surface area contributed by atoms with Crippen molar-refractivity contribution in [3.8, 4) is 11.1 Å². The average molecular weight is 308 g/mol. The molecule has 0 aliphatic rings. The Morgan fingerprint density at radius 3 is 2.48 bits per heavy atom. The lowest BCUT2D eigenvalue weighted by Gasteiger charge is -2.05. The third kappa shape index (κ3) is 2.82. The molecule has 1 heterocycles. The van der Waals surface area contributed by atoms with Crippen LogP contribution in [0.3, 0.4) is 0 Å². The van der Waals surface area contributed by atoms with Gasteiger partial charge in [0.15, 0.2) is 0 Å². The van der Waals surface area contributed by atoms with Gasteiger partial charge in [-0.25, -0.2) is 4.39 Å². The Morgan fingerprint density at radius 1 is 1.09 bits per heavy atom. The molecule has 0 radical (unpaired) electrons. The fraction of sp³-hybridized carbons (Fsp3) is 0.150. The summed E-state index contributed by atoms with van der Waals surface area (Å²) in [6.45, 7) is 4.10. The van der Waals surface area contributed by atoms with Crippen molar-refractivity contribution in [3.63, 3.8) is 0 Å². The highest BCUT2D eigenvalue weighted by molar-refractivity contribution is 6.01. The quantitative estimate of drug-likeness (QED) is 0.465. The zero-order valence-corrected chi connectivity index (χ0v) is 13.0. The molecule has 23 heavy (non-hydrogen) atoms. The van der Waals surface area contributed by atoms with Crippen LogP contribution < -0.4 is 0 Å². The fourth-order valence-electron chi connectivity index (χ4n) is 2.79. The first kappa shape index (κ1) is 15.2. The number of furan rings is 1. The second-order valence-corrected chi connectivity index (χ2v) is 5.72. The monoisotopic (exact) mass is 308 g/mol. The van der Waals surface area contributed by atoms with E-state index < -0.39 is 0 Å². The van der Waals surface area contributed by atoms with Crippen molar-refractivity contribution < 1.29 is 13.6 Å². The Balaban J connectivity index is 2.32. The van der Waals surface area contributed by atoms with Crippen LogP contribution in [0.5, 0.6) is 0 Å². The summed E-state index contributed by atoms with van der Waals surface area (Å²) in [7, 11) is 0. The van der Waals surface area contributed by atoms with Crippen LogP contribution in [0.2, 0.25) is 0 Å². The molecule has 0 fully saturated rings. The van der Waals surface area contributed by atoms with Crippen LogP contribution in [-0.4, -0.2) is 6.29 Å². The number of hydrogen-bond donors (Lipinski definition) is 0. The van der Waals surface area contributed by atoms with Crippen molar-refractivity contribution in [1.29, 1.82) is 0 Å². The Morgan fingerprint density at radius 2 is 1.83 bits per heavy atom. The summed E-state index contributed by atoms with van der Waals surface area (Å²) in [6.07, 6.45) is 4.00. The van der Waals surface area contributed by atoms with E-state index >= 15 is 0 Å². The Kier molecular flexibility index (Phi) is 4.11. The molecule has 0 atom stereocenters.